The third-order valence-corrected chi connectivity index (χ3v) is 8.75. The van der Waals surface area contributed by atoms with Crippen LogP contribution in [0.2, 0.25) is 10.0 Å². The Kier molecular flexibility index (Phi) is 10.8. The highest BCUT2D eigenvalue weighted by Crippen LogP contribution is 2.44. The van der Waals surface area contributed by atoms with Gasteiger partial charge >= 0.3 is 5.97 Å². The molecule has 0 bridgehead atoms. The monoisotopic (exact) mass is 606 g/mol. The number of carboxylic acids is 1. The highest BCUT2D eigenvalue weighted by atomic mass is 35.5. The van der Waals surface area contributed by atoms with Gasteiger partial charge in [0, 0.05) is 59.9 Å². The summed E-state index contributed by atoms with van der Waals surface area (Å²) in [5.74, 6) is 0.364. The summed E-state index contributed by atoms with van der Waals surface area (Å²) in [6.45, 7) is 20.6. The fourth-order valence-corrected chi connectivity index (χ4v) is 6.17. The van der Waals surface area contributed by atoms with Gasteiger partial charge in [0.05, 0.1) is 11.8 Å². The van der Waals surface area contributed by atoms with Crippen molar-refractivity contribution in [1.29, 1.82) is 0 Å². The molecule has 0 amide bonds. The number of nitrogens with zero attached hydrogens (tertiary/aromatic N) is 2. The second kappa shape index (κ2) is 14.3. The van der Waals surface area contributed by atoms with Gasteiger partial charge in [0.15, 0.2) is 0 Å². The number of halogens is 2. The summed E-state index contributed by atoms with van der Waals surface area (Å²) in [5.41, 5.74) is 6.53. The molecule has 0 radical (unpaired) electrons. The van der Waals surface area contributed by atoms with Gasteiger partial charge in [0.2, 0.25) is 0 Å². The number of piperazine rings is 1. The number of rotatable bonds is 13. The van der Waals surface area contributed by atoms with E-state index in [1.54, 1.807) is 13.0 Å². The number of hydrogen-bond acceptors (Lipinski definition) is 4. The average Bonchev–Trinajstić information content (AvgIpc) is 3.82. The third-order valence-electron chi connectivity index (χ3n) is 8.12. The van der Waals surface area contributed by atoms with Crippen LogP contribution < -0.4 is 4.90 Å². The SMILES string of the molecule is C=CO/C(=C(/CCN1CCN(c2ccc(/C(=C\C)C(=O)O)c(C(=C)CC)c2)CC1)C(=C)c1c(Cl)cccc1Cl)C1CC1. The lowest BCUT2D eigenvalue weighted by molar-refractivity contribution is -0.130. The van der Waals surface area contributed by atoms with E-state index in [4.69, 9.17) is 27.9 Å². The summed E-state index contributed by atoms with van der Waals surface area (Å²) in [5, 5.41) is 10.9. The van der Waals surface area contributed by atoms with E-state index in [1.165, 1.54) is 6.26 Å². The Morgan fingerprint density at radius 2 is 1.74 bits per heavy atom. The number of benzene rings is 2. The van der Waals surface area contributed by atoms with Crippen molar-refractivity contribution in [2.75, 3.05) is 37.6 Å². The first kappa shape index (κ1) is 31.7. The van der Waals surface area contributed by atoms with E-state index >= 15 is 0 Å². The number of anilines is 1. The Bertz CT molecular complexity index is 1410. The van der Waals surface area contributed by atoms with E-state index in [2.05, 4.69) is 35.6 Å². The number of carboxylic acid groups (broad SMARTS) is 1. The molecule has 2 aliphatic rings. The van der Waals surface area contributed by atoms with Gasteiger partial charge in [-0.15, -0.1) is 0 Å². The average molecular weight is 608 g/mol. The fraction of sp³-hybridized carbons (Fsp3) is 0.343. The molecule has 0 atom stereocenters. The zero-order valence-corrected chi connectivity index (χ0v) is 26.1. The highest BCUT2D eigenvalue weighted by Gasteiger charge is 2.32. The van der Waals surface area contributed by atoms with E-state index in [0.717, 1.165) is 97.7 Å². The molecule has 4 rings (SSSR count). The lowest BCUT2D eigenvalue weighted by Crippen LogP contribution is -2.46. The van der Waals surface area contributed by atoms with Crippen LogP contribution in [0.15, 0.2) is 79.8 Å². The van der Waals surface area contributed by atoms with Gasteiger partial charge in [-0.25, -0.2) is 4.79 Å². The van der Waals surface area contributed by atoms with E-state index in [1.807, 2.05) is 37.3 Å². The van der Waals surface area contributed by atoms with Crippen LogP contribution in [0.1, 0.15) is 56.2 Å². The second-order valence-corrected chi connectivity index (χ2v) is 11.6. The van der Waals surface area contributed by atoms with Crippen LogP contribution in [0.25, 0.3) is 16.7 Å². The van der Waals surface area contributed by atoms with Gasteiger partial charge in [-0.05, 0) is 84.7 Å². The van der Waals surface area contributed by atoms with Crippen LogP contribution in [0.3, 0.4) is 0 Å². The lowest BCUT2D eigenvalue weighted by Gasteiger charge is -2.37. The number of carbonyl (C=O) groups is 1. The molecule has 0 spiro atoms. The minimum absolute atomic E-state index is 0.297. The van der Waals surface area contributed by atoms with Crippen molar-refractivity contribution in [3.8, 4) is 0 Å². The summed E-state index contributed by atoms with van der Waals surface area (Å²) in [4.78, 5) is 16.7. The van der Waals surface area contributed by atoms with Crippen LogP contribution in [0.4, 0.5) is 5.69 Å². The molecular weight excluding hydrogens is 567 g/mol. The minimum Gasteiger partial charge on any atom is -0.478 e. The van der Waals surface area contributed by atoms with Gasteiger partial charge in [-0.2, -0.15) is 0 Å². The number of hydrogen-bond donors (Lipinski definition) is 1. The Labute approximate surface area is 260 Å². The highest BCUT2D eigenvalue weighted by molar-refractivity contribution is 6.37. The molecule has 1 aliphatic carbocycles. The van der Waals surface area contributed by atoms with Crippen molar-refractivity contribution >= 4 is 51.6 Å². The van der Waals surface area contributed by atoms with E-state index in [0.29, 0.717) is 27.1 Å². The van der Waals surface area contributed by atoms with Gasteiger partial charge in [0.1, 0.15) is 5.76 Å². The Hall–Kier alpha value is -3.25. The summed E-state index contributed by atoms with van der Waals surface area (Å²) in [6.07, 6.45) is 6.82. The summed E-state index contributed by atoms with van der Waals surface area (Å²) in [7, 11) is 0. The van der Waals surface area contributed by atoms with E-state index in [9.17, 15) is 9.90 Å². The Balaban J connectivity index is 1.49. The molecule has 5 nitrogen and oxygen atoms in total. The van der Waals surface area contributed by atoms with Crippen LogP contribution in [-0.2, 0) is 9.53 Å². The van der Waals surface area contributed by atoms with Gasteiger partial charge < -0.3 is 14.7 Å². The number of allylic oxidation sites excluding steroid dienone is 4. The number of ether oxygens (including phenoxy) is 1. The fourth-order valence-electron chi connectivity index (χ4n) is 5.55. The molecule has 222 valence electrons. The zero-order chi connectivity index (χ0) is 30.4. The first-order valence-electron chi connectivity index (χ1n) is 14.5. The maximum Gasteiger partial charge on any atom is 0.335 e. The zero-order valence-electron chi connectivity index (χ0n) is 24.6. The van der Waals surface area contributed by atoms with Crippen LogP contribution >= 0.6 is 23.2 Å². The first-order chi connectivity index (χ1) is 20.2. The van der Waals surface area contributed by atoms with Crippen molar-refractivity contribution in [1.82, 2.24) is 4.90 Å². The third kappa shape index (κ3) is 7.20. The smallest absolute Gasteiger partial charge is 0.335 e. The molecule has 2 aromatic rings. The largest absolute Gasteiger partial charge is 0.478 e. The van der Waals surface area contributed by atoms with Gasteiger partial charge in [0.25, 0.3) is 0 Å². The molecule has 0 aromatic heterocycles. The molecule has 1 heterocycles. The van der Waals surface area contributed by atoms with Gasteiger partial charge in [-0.3, -0.25) is 4.90 Å². The maximum absolute atomic E-state index is 11.9. The maximum atomic E-state index is 11.9. The van der Waals surface area contributed by atoms with E-state index < -0.39 is 5.97 Å². The summed E-state index contributed by atoms with van der Waals surface area (Å²) < 4.78 is 5.98. The lowest BCUT2D eigenvalue weighted by atomic mass is 9.93. The molecule has 1 aliphatic heterocycles. The van der Waals surface area contributed by atoms with Crippen molar-refractivity contribution in [3.05, 3.63) is 107 Å². The van der Waals surface area contributed by atoms with Crippen LogP contribution in [-0.4, -0.2) is 48.7 Å². The minimum atomic E-state index is -0.930. The van der Waals surface area contributed by atoms with E-state index in [-0.39, 0.29) is 0 Å². The summed E-state index contributed by atoms with van der Waals surface area (Å²) in [6, 6.07) is 11.6. The molecule has 1 saturated heterocycles. The standard InChI is InChI=1S/C35H40Cl2N2O3/c1-6-23(4)30-22-26(14-15-29(30)27(7-2)35(40)41)39-20-18-38(19-21-39)17-16-28(34(42-8-3)25-12-13-25)24(5)33-31(36)10-9-11-32(33)37/h7-11,14-15,22,25H,3-6,12-13,16-21H2,1-2H3,(H,40,41)/b27-7+,34-28-. The quantitative estimate of drug-likeness (QED) is 0.140. The molecule has 0 unspecified atom stereocenters. The molecule has 42 heavy (non-hydrogen) atoms. The van der Waals surface area contributed by atoms with Crippen molar-refractivity contribution in [3.63, 3.8) is 0 Å². The van der Waals surface area contributed by atoms with Gasteiger partial charge in [-0.1, -0.05) is 68.1 Å². The van der Waals surface area contributed by atoms with Crippen molar-refractivity contribution in [2.45, 2.75) is 39.5 Å². The van der Waals surface area contributed by atoms with Crippen molar-refractivity contribution < 1.29 is 14.6 Å². The number of aliphatic carboxylic acids is 1. The second-order valence-electron chi connectivity index (χ2n) is 10.7. The van der Waals surface area contributed by atoms with Crippen LogP contribution in [0, 0.1) is 5.92 Å². The van der Waals surface area contributed by atoms with Crippen LogP contribution in [0.5, 0.6) is 0 Å². The molecule has 1 N–H and O–H groups in total. The Morgan fingerprint density at radius 3 is 2.29 bits per heavy atom. The molecular formula is C35H40Cl2N2O3. The predicted molar refractivity (Wildman–Crippen MR) is 177 cm³/mol. The summed E-state index contributed by atoms with van der Waals surface area (Å²) >= 11 is 13.2. The first-order valence-corrected chi connectivity index (χ1v) is 15.3. The molecule has 1 saturated carbocycles. The molecule has 2 aromatic carbocycles. The van der Waals surface area contributed by atoms with Crippen molar-refractivity contribution in [2.24, 2.45) is 5.92 Å². The Morgan fingerprint density at radius 1 is 1.07 bits per heavy atom. The molecule has 2 fully saturated rings. The molecule has 7 heteroatoms. The normalized spacial score (nSPS) is 16.6. The predicted octanol–water partition coefficient (Wildman–Crippen LogP) is 8.95. The topological polar surface area (TPSA) is 53.0 Å².